The SMILES string of the molecule is CCCn1ccnc1SCCN. The van der Waals surface area contributed by atoms with E-state index in [-0.39, 0.29) is 0 Å². The van der Waals surface area contributed by atoms with Gasteiger partial charge in [0.1, 0.15) is 0 Å². The fourth-order valence-corrected chi connectivity index (χ4v) is 1.75. The Morgan fingerprint density at radius 3 is 3.17 bits per heavy atom. The number of rotatable bonds is 5. The molecule has 0 amide bonds. The number of nitrogens with two attached hydrogens (primary N) is 1. The normalized spacial score (nSPS) is 10.5. The molecule has 0 aliphatic heterocycles. The van der Waals surface area contributed by atoms with Crippen LogP contribution >= 0.6 is 11.8 Å². The van der Waals surface area contributed by atoms with Gasteiger partial charge in [0.15, 0.2) is 5.16 Å². The standard InChI is InChI=1S/C8H15N3S/c1-2-5-11-6-4-10-8(11)12-7-3-9/h4,6H,2-3,5,7,9H2,1H3. The maximum absolute atomic E-state index is 5.41. The van der Waals surface area contributed by atoms with Gasteiger partial charge in [-0.3, -0.25) is 0 Å². The minimum atomic E-state index is 0.712. The van der Waals surface area contributed by atoms with Crippen LogP contribution in [-0.2, 0) is 6.54 Å². The van der Waals surface area contributed by atoms with Crippen LogP contribution in [0.5, 0.6) is 0 Å². The molecule has 0 fully saturated rings. The molecule has 68 valence electrons. The lowest BCUT2D eigenvalue weighted by Crippen LogP contribution is -2.03. The number of aryl methyl sites for hydroxylation is 1. The summed E-state index contributed by atoms with van der Waals surface area (Å²) >= 11 is 1.72. The second-order valence-corrected chi connectivity index (χ2v) is 3.60. The fraction of sp³-hybridized carbons (Fsp3) is 0.625. The molecular weight excluding hydrogens is 170 g/mol. The van der Waals surface area contributed by atoms with Crippen molar-refractivity contribution in [2.24, 2.45) is 5.73 Å². The molecular formula is C8H15N3S. The lowest BCUT2D eigenvalue weighted by Gasteiger charge is -2.03. The number of imidazole rings is 1. The molecule has 0 atom stereocenters. The van der Waals surface area contributed by atoms with Gasteiger partial charge in [-0.15, -0.1) is 0 Å². The van der Waals surface area contributed by atoms with E-state index >= 15 is 0 Å². The zero-order chi connectivity index (χ0) is 8.81. The number of nitrogens with zero attached hydrogens (tertiary/aromatic N) is 2. The van der Waals surface area contributed by atoms with Crippen molar-refractivity contribution in [1.82, 2.24) is 9.55 Å². The highest BCUT2D eigenvalue weighted by Crippen LogP contribution is 2.14. The van der Waals surface area contributed by atoms with Gasteiger partial charge in [-0.05, 0) is 6.42 Å². The van der Waals surface area contributed by atoms with Gasteiger partial charge in [-0.2, -0.15) is 0 Å². The summed E-state index contributed by atoms with van der Waals surface area (Å²) in [6.45, 7) is 3.92. The molecule has 0 saturated heterocycles. The maximum Gasteiger partial charge on any atom is 0.167 e. The Balaban J connectivity index is 2.51. The molecule has 0 aromatic carbocycles. The van der Waals surface area contributed by atoms with Crippen molar-refractivity contribution in [3.8, 4) is 0 Å². The molecule has 1 aromatic heterocycles. The Hall–Kier alpha value is -0.480. The average Bonchev–Trinajstić information content (AvgIpc) is 2.50. The van der Waals surface area contributed by atoms with E-state index < -0.39 is 0 Å². The van der Waals surface area contributed by atoms with E-state index in [0.29, 0.717) is 6.54 Å². The van der Waals surface area contributed by atoms with E-state index in [9.17, 15) is 0 Å². The topological polar surface area (TPSA) is 43.8 Å². The molecule has 1 rings (SSSR count). The van der Waals surface area contributed by atoms with Crippen LogP contribution in [0.3, 0.4) is 0 Å². The third-order valence-electron chi connectivity index (χ3n) is 1.49. The molecule has 0 aliphatic rings. The van der Waals surface area contributed by atoms with Crippen LogP contribution < -0.4 is 5.73 Å². The fourth-order valence-electron chi connectivity index (χ4n) is 0.997. The lowest BCUT2D eigenvalue weighted by atomic mass is 10.5. The quantitative estimate of drug-likeness (QED) is 0.704. The summed E-state index contributed by atoms with van der Waals surface area (Å²) in [6.07, 6.45) is 5.00. The number of hydrogen-bond donors (Lipinski definition) is 1. The Labute approximate surface area is 77.4 Å². The number of hydrogen-bond acceptors (Lipinski definition) is 3. The third-order valence-corrected chi connectivity index (χ3v) is 2.53. The van der Waals surface area contributed by atoms with Gasteiger partial charge in [-0.1, -0.05) is 18.7 Å². The smallest absolute Gasteiger partial charge is 0.167 e. The summed E-state index contributed by atoms with van der Waals surface area (Å²) in [6, 6.07) is 0. The van der Waals surface area contributed by atoms with Crippen LogP contribution in [0.2, 0.25) is 0 Å². The molecule has 0 bridgehead atoms. The van der Waals surface area contributed by atoms with E-state index in [2.05, 4.69) is 16.5 Å². The molecule has 0 spiro atoms. The molecule has 0 radical (unpaired) electrons. The molecule has 12 heavy (non-hydrogen) atoms. The van der Waals surface area contributed by atoms with Gasteiger partial charge in [0.25, 0.3) is 0 Å². The lowest BCUT2D eigenvalue weighted by molar-refractivity contribution is 0.621. The zero-order valence-corrected chi connectivity index (χ0v) is 8.18. The van der Waals surface area contributed by atoms with Crippen LogP contribution in [0.4, 0.5) is 0 Å². The summed E-state index contributed by atoms with van der Waals surface area (Å²) in [5.74, 6) is 0.945. The highest BCUT2D eigenvalue weighted by atomic mass is 32.2. The number of aromatic nitrogens is 2. The summed E-state index contributed by atoms with van der Waals surface area (Å²) < 4.78 is 2.17. The van der Waals surface area contributed by atoms with Crippen LogP contribution in [0.1, 0.15) is 13.3 Å². The maximum atomic E-state index is 5.41. The first-order valence-corrected chi connectivity index (χ1v) is 5.21. The van der Waals surface area contributed by atoms with Crippen molar-refractivity contribution < 1.29 is 0 Å². The molecule has 0 aliphatic carbocycles. The Kier molecular flexibility index (Phi) is 4.18. The zero-order valence-electron chi connectivity index (χ0n) is 7.36. The monoisotopic (exact) mass is 185 g/mol. The molecule has 4 heteroatoms. The first-order chi connectivity index (χ1) is 5.88. The minimum Gasteiger partial charge on any atom is -0.330 e. The Bertz CT molecular complexity index is 222. The molecule has 0 unspecified atom stereocenters. The van der Waals surface area contributed by atoms with Crippen LogP contribution in [0, 0.1) is 0 Å². The van der Waals surface area contributed by atoms with Crippen molar-refractivity contribution in [3.05, 3.63) is 12.4 Å². The summed E-state index contributed by atoms with van der Waals surface area (Å²) in [4.78, 5) is 4.24. The predicted octanol–water partition coefficient (Wildman–Crippen LogP) is 1.34. The first-order valence-electron chi connectivity index (χ1n) is 4.22. The first kappa shape index (κ1) is 9.61. The number of thioether (sulfide) groups is 1. The van der Waals surface area contributed by atoms with Crippen molar-refractivity contribution in [3.63, 3.8) is 0 Å². The van der Waals surface area contributed by atoms with Crippen molar-refractivity contribution in [2.75, 3.05) is 12.3 Å². The highest BCUT2D eigenvalue weighted by Gasteiger charge is 2.00. The summed E-state index contributed by atoms with van der Waals surface area (Å²) in [7, 11) is 0. The average molecular weight is 185 g/mol. The van der Waals surface area contributed by atoms with Crippen LogP contribution in [0.15, 0.2) is 17.6 Å². The third kappa shape index (κ3) is 2.53. The van der Waals surface area contributed by atoms with Crippen LogP contribution in [0.25, 0.3) is 0 Å². The van der Waals surface area contributed by atoms with Gasteiger partial charge >= 0.3 is 0 Å². The summed E-state index contributed by atoms with van der Waals surface area (Å²) in [5, 5.41) is 1.09. The van der Waals surface area contributed by atoms with Crippen LogP contribution in [-0.4, -0.2) is 21.8 Å². The van der Waals surface area contributed by atoms with E-state index in [4.69, 9.17) is 5.73 Å². The van der Waals surface area contributed by atoms with E-state index in [0.717, 1.165) is 23.9 Å². The van der Waals surface area contributed by atoms with Crippen molar-refractivity contribution >= 4 is 11.8 Å². The van der Waals surface area contributed by atoms with Crippen molar-refractivity contribution in [2.45, 2.75) is 25.0 Å². The van der Waals surface area contributed by atoms with Gasteiger partial charge in [-0.25, -0.2) is 4.98 Å². The largest absolute Gasteiger partial charge is 0.330 e. The molecule has 0 saturated carbocycles. The highest BCUT2D eigenvalue weighted by molar-refractivity contribution is 7.99. The molecule has 1 heterocycles. The molecule has 2 N–H and O–H groups in total. The minimum absolute atomic E-state index is 0.712. The molecule has 3 nitrogen and oxygen atoms in total. The van der Waals surface area contributed by atoms with E-state index in [1.807, 2.05) is 12.4 Å². The van der Waals surface area contributed by atoms with E-state index in [1.54, 1.807) is 11.8 Å². The second-order valence-electron chi connectivity index (χ2n) is 2.54. The van der Waals surface area contributed by atoms with E-state index in [1.165, 1.54) is 0 Å². The van der Waals surface area contributed by atoms with Crippen molar-refractivity contribution in [1.29, 1.82) is 0 Å². The summed E-state index contributed by atoms with van der Waals surface area (Å²) in [5.41, 5.74) is 5.41. The van der Waals surface area contributed by atoms with Gasteiger partial charge < -0.3 is 10.3 Å². The Morgan fingerprint density at radius 1 is 1.67 bits per heavy atom. The second kappa shape index (κ2) is 5.22. The Morgan fingerprint density at radius 2 is 2.50 bits per heavy atom. The molecule has 1 aromatic rings. The van der Waals surface area contributed by atoms with Gasteiger partial charge in [0.05, 0.1) is 0 Å². The van der Waals surface area contributed by atoms with Gasteiger partial charge in [0, 0.05) is 31.2 Å². The van der Waals surface area contributed by atoms with Gasteiger partial charge in [0.2, 0.25) is 0 Å². The predicted molar refractivity (Wildman–Crippen MR) is 52.3 cm³/mol.